The summed E-state index contributed by atoms with van der Waals surface area (Å²) in [6.07, 6.45) is 2.18. The van der Waals surface area contributed by atoms with E-state index in [1.165, 1.54) is 0 Å². The summed E-state index contributed by atoms with van der Waals surface area (Å²) in [6, 6.07) is 7.81. The maximum Gasteiger partial charge on any atom is 0.140 e. The van der Waals surface area contributed by atoms with Crippen LogP contribution in [0.25, 0.3) is 10.9 Å². The molecule has 0 aliphatic rings. The largest absolute Gasteiger partial charge is 0.409 e. The van der Waals surface area contributed by atoms with E-state index in [2.05, 4.69) is 20.3 Å². The Morgan fingerprint density at radius 1 is 1.38 bits per heavy atom. The molecule has 0 atom stereocenters. The van der Waals surface area contributed by atoms with Crippen LogP contribution in [-0.2, 0) is 4.74 Å². The van der Waals surface area contributed by atoms with Gasteiger partial charge in [-0.05, 0) is 6.07 Å². The average Bonchev–Trinajstić information content (AvgIpc) is 2.54. The summed E-state index contributed by atoms with van der Waals surface area (Å²) >= 11 is 0. The van der Waals surface area contributed by atoms with Crippen molar-refractivity contribution in [3.05, 3.63) is 30.5 Å². The summed E-state index contributed by atoms with van der Waals surface area (Å²) in [4.78, 5) is 2.10. The number of nitrogens with two attached hydrogens (primary N) is 1. The highest BCUT2D eigenvalue weighted by Crippen LogP contribution is 2.24. The fourth-order valence-corrected chi connectivity index (χ4v) is 2.10. The summed E-state index contributed by atoms with van der Waals surface area (Å²) in [6.45, 7) is 1.87. The third kappa shape index (κ3) is 3.79. The first-order valence-corrected chi connectivity index (χ1v) is 6.67. The van der Waals surface area contributed by atoms with E-state index in [9.17, 15) is 0 Å². The second kappa shape index (κ2) is 7.39. The summed E-state index contributed by atoms with van der Waals surface area (Å²) in [5.74, 6) is 0.198. The van der Waals surface area contributed by atoms with Gasteiger partial charge >= 0.3 is 0 Å². The second-order valence-electron chi connectivity index (χ2n) is 4.57. The van der Waals surface area contributed by atoms with E-state index in [0.717, 1.165) is 16.6 Å². The lowest BCUT2D eigenvalue weighted by atomic mass is 10.2. The minimum atomic E-state index is 0.198. The highest BCUT2D eigenvalue weighted by Gasteiger charge is 2.12. The van der Waals surface area contributed by atoms with Gasteiger partial charge in [-0.25, -0.2) is 0 Å². The number of fused-ring (bicyclic) bond motifs is 1. The minimum Gasteiger partial charge on any atom is -0.409 e. The van der Waals surface area contributed by atoms with Crippen molar-refractivity contribution in [3.8, 4) is 0 Å². The first kappa shape index (κ1) is 15.0. The molecule has 0 unspecified atom stereocenters. The summed E-state index contributed by atoms with van der Waals surface area (Å²) in [5, 5.41) is 20.9. The lowest BCUT2D eigenvalue weighted by Crippen LogP contribution is -2.31. The number of hydrogen-bond acceptors (Lipinski definition) is 6. The number of amidine groups is 1. The molecule has 3 N–H and O–H groups in total. The SMILES string of the molecule is COCCN(CCC(N)=NO)c1cnnc2ccccc12. The molecular weight excluding hydrogens is 270 g/mol. The van der Waals surface area contributed by atoms with Crippen molar-refractivity contribution >= 4 is 22.4 Å². The van der Waals surface area contributed by atoms with Crippen molar-refractivity contribution in [1.29, 1.82) is 0 Å². The lowest BCUT2D eigenvalue weighted by molar-refractivity contribution is 0.205. The van der Waals surface area contributed by atoms with Crippen LogP contribution in [-0.4, -0.2) is 48.0 Å². The van der Waals surface area contributed by atoms with Crippen LogP contribution >= 0.6 is 0 Å². The van der Waals surface area contributed by atoms with E-state index in [1.54, 1.807) is 13.3 Å². The smallest absolute Gasteiger partial charge is 0.140 e. The van der Waals surface area contributed by atoms with Gasteiger partial charge in [0.05, 0.1) is 24.0 Å². The fraction of sp³-hybridized carbons (Fsp3) is 0.357. The number of anilines is 1. The Kier molecular flexibility index (Phi) is 5.28. The maximum atomic E-state index is 8.66. The molecule has 0 fully saturated rings. The monoisotopic (exact) mass is 289 g/mol. The third-order valence-electron chi connectivity index (χ3n) is 3.20. The highest BCUT2D eigenvalue weighted by molar-refractivity contribution is 5.91. The van der Waals surface area contributed by atoms with Gasteiger partial charge in [-0.15, -0.1) is 0 Å². The molecule has 0 saturated carbocycles. The van der Waals surface area contributed by atoms with Crippen LogP contribution in [0.3, 0.4) is 0 Å². The fourth-order valence-electron chi connectivity index (χ4n) is 2.10. The predicted molar refractivity (Wildman–Crippen MR) is 81.7 cm³/mol. The summed E-state index contributed by atoms with van der Waals surface area (Å²) < 4.78 is 5.15. The number of ether oxygens (including phenoxy) is 1. The van der Waals surface area contributed by atoms with Gasteiger partial charge in [-0.1, -0.05) is 23.4 Å². The number of oxime groups is 1. The van der Waals surface area contributed by atoms with Gasteiger partial charge in [-0.2, -0.15) is 10.2 Å². The van der Waals surface area contributed by atoms with Crippen LogP contribution in [0.1, 0.15) is 6.42 Å². The minimum absolute atomic E-state index is 0.198. The van der Waals surface area contributed by atoms with Gasteiger partial charge < -0.3 is 20.6 Å². The number of hydrogen-bond donors (Lipinski definition) is 2. The molecule has 7 nitrogen and oxygen atoms in total. The van der Waals surface area contributed by atoms with Crippen LogP contribution in [0.15, 0.2) is 35.6 Å². The zero-order chi connectivity index (χ0) is 15.1. The first-order valence-electron chi connectivity index (χ1n) is 6.67. The molecule has 0 aliphatic carbocycles. The van der Waals surface area contributed by atoms with Crippen molar-refractivity contribution in [3.63, 3.8) is 0 Å². The Bertz CT molecular complexity index is 612. The molecule has 0 aliphatic heterocycles. The molecule has 1 aromatic heterocycles. The average molecular weight is 289 g/mol. The number of benzene rings is 1. The predicted octanol–water partition coefficient (Wildman–Crippen LogP) is 1.22. The van der Waals surface area contributed by atoms with Crippen molar-refractivity contribution in [2.45, 2.75) is 6.42 Å². The molecule has 1 heterocycles. The first-order chi connectivity index (χ1) is 10.3. The van der Waals surface area contributed by atoms with Crippen LogP contribution in [0.5, 0.6) is 0 Å². The zero-order valence-electron chi connectivity index (χ0n) is 11.9. The van der Waals surface area contributed by atoms with E-state index in [1.807, 2.05) is 24.3 Å². The Labute approximate surface area is 123 Å². The normalized spacial score (nSPS) is 11.8. The molecule has 0 radical (unpaired) electrons. The van der Waals surface area contributed by atoms with Gasteiger partial charge in [0.25, 0.3) is 0 Å². The van der Waals surface area contributed by atoms with Crippen molar-refractivity contribution in [1.82, 2.24) is 10.2 Å². The quantitative estimate of drug-likeness (QED) is 0.344. The second-order valence-corrected chi connectivity index (χ2v) is 4.57. The number of aromatic nitrogens is 2. The lowest BCUT2D eigenvalue weighted by Gasteiger charge is -2.25. The Hall–Kier alpha value is -2.41. The van der Waals surface area contributed by atoms with Gasteiger partial charge in [0, 0.05) is 32.0 Å². The van der Waals surface area contributed by atoms with E-state index in [0.29, 0.717) is 26.1 Å². The standard InChI is InChI=1S/C14H19N5O2/c1-21-9-8-19(7-6-14(15)18-20)13-10-16-17-12-5-3-2-4-11(12)13/h2-5,10,20H,6-9H2,1H3,(H2,15,18). The van der Waals surface area contributed by atoms with Crippen LogP contribution < -0.4 is 10.6 Å². The molecule has 2 aromatic rings. The number of methoxy groups -OCH3 is 1. The van der Waals surface area contributed by atoms with Gasteiger partial charge in [0.15, 0.2) is 0 Å². The Morgan fingerprint density at radius 3 is 2.95 bits per heavy atom. The Morgan fingerprint density at radius 2 is 2.19 bits per heavy atom. The molecular formula is C14H19N5O2. The zero-order valence-corrected chi connectivity index (χ0v) is 11.9. The maximum absolute atomic E-state index is 8.66. The van der Waals surface area contributed by atoms with Crippen molar-refractivity contribution in [2.24, 2.45) is 10.9 Å². The van der Waals surface area contributed by atoms with Crippen molar-refractivity contribution in [2.75, 3.05) is 31.7 Å². The topological polar surface area (TPSA) is 96.9 Å². The molecule has 1 aromatic carbocycles. The summed E-state index contributed by atoms with van der Waals surface area (Å²) in [5.41, 5.74) is 7.35. The van der Waals surface area contributed by atoms with Crippen molar-refractivity contribution < 1.29 is 9.94 Å². The van der Waals surface area contributed by atoms with Gasteiger partial charge in [-0.3, -0.25) is 0 Å². The third-order valence-corrected chi connectivity index (χ3v) is 3.20. The molecule has 112 valence electrons. The molecule has 0 spiro atoms. The number of nitrogens with zero attached hydrogens (tertiary/aromatic N) is 4. The van der Waals surface area contributed by atoms with Gasteiger partial charge in [0.1, 0.15) is 5.84 Å². The van der Waals surface area contributed by atoms with Crippen LogP contribution in [0, 0.1) is 0 Å². The van der Waals surface area contributed by atoms with E-state index in [-0.39, 0.29) is 5.84 Å². The summed E-state index contributed by atoms with van der Waals surface area (Å²) in [7, 11) is 1.66. The highest BCUT2D eigenvalue weighted by atomic mass is 16.5. The van der Waals surface area contributed by atoms with E-state index in [4.69, 9.17) is 15.7 Å². The number of rotatable bonds is 7. The van der Waals surface area contributed by atoms with Crippen LogP contribution in [0.4, 0.5) is 5.69 Å². The Balaban J connectivity index is 2.29. The molecule has 0 amide bonds. The molecule has 21 heavy (non-hydrogen) atoms. The van der Waals surface area contributed by atoms with Gasteiger partial charge in [0.2, 0.25) is 0 Å². The molecule has 2 rings (SSSR count). The molecule has 7 heteroatoms. The molecule has 0 bridgehead atoms. The van der Waals surface area contributed by atoms with E-state index < -0.39 is 0 Å². The molecule has 0 saturated heterocycles. The van der Waals surface area contributed by atoms with Crippen LogP contribution in [0.2, 0.25) is 0 Å². The van der Waals surface area contributed by atoms with E-state index >= 15 is 0 Å².